The molecule has 1 amide bonds. The Morgan fingerprint density at radius 1 is 1.28 bits per heavy atom. The Morgan fingerprint density at radius 2 is 1.83 bits per heavy atom. The molecule has 104 valence electrons. The van der Waals surface area contributed by atoms with Gasteiger partial charge in [0.15, 0.2) is 0 Å². The summed E-state index contributed by atoms with van der Waals surface area (Å²) >= 11 is 0. The molecule has 0 aromatic rings. The first kappa shape index (κ1) is 14.8. The first-order valence-corrected chi connectivity index (χ1v) is 5.76. The molecule has 0 aromatic heterocycles. The number of alkyl halides is 3. The van der Waals surface area contributed by atoms with Gasteiger partial charge in [-0.25, -0.2) is 0 Å². The quantitative estimate of drug-likeness (QED) is 0.724. The third-order valence-corrected chi connectivity index (χ3v) is 3.02. The second-order valence-corrected chi connectivity index (χ2v) is 4.85. The first-order valence-electron chi connectivity index (χ1n) is 5.76. The van der Waals surface area contributed by atoms with Gasteiger partial charge in [0.2, 0.25) is 5.91 Å². The van der Waals surface area contributed by atoms with Crippen molar-refractivity contribution in [1.29, 1.82) is 0 Å². The van der Waals surface area contributed by atoms with Gasteiger partial charge in [-0.15, -0.1) is 0 Å². The summed E-state index contributed by atoms with van der Waals surface area (Å²) in [6, 6.07) is -0.0150. The van der Waals surface area contributed by atoms with E-state index in [1.54, 1.807) is 0 Å². The van der Waals surface area contributed by atoms with E-state index in [1.165, 1.54) is 6.92 Å². The molecule has 18 heavy (non-hydrogen) atoms. The predicted octanol–water partition coefficient (Wildman–Crippen LogP) is 2.09. The van der Waals surface area contributed by atoms with Gasteiger partial charge >= 0.3 is 12.1 Å². The largest absolute Gasteiger partial charge is 0.480 e. The second kappa shape index (κ2) is 5.16. The molecule has 1 saturated carbocycles. The maximum absolute atomic E-state index is 12.0. The molecule has 0 heterocycles. The Labute approximate surface area is 103 Å². The molecule has 0 saturated heterocycles. The van der Waals surface area contributed by atoms with E-state index in [0.717, 1.165) is 12.8 Å². The summed E-state index contributed by atoms with van der Waals surface area (Å²) in [6.45, 7) is 1.17. The number of hydrogen-bond donors (Lipinski definition) is 2. The number of nitrogens with one attached hydrogen (secondary N) is 1. The number of amides is 1. The van der Waals surface area contributed by atoms with Crippen LogP contribution in [-0.4, -0.2) is 29.2 Å². The van der Waals surface area contributed by atoms with Crippen LogP contribution in [0.5, 0.6) is 0 Å². The van der Waals surface area contributed by atoms with E-state index in [-0.39, 0.29) is 18.9 Å². The molecule has 7 heteroatoms. The van der Waals surface area contributed by atoms with E-state index in [2.05, 4.69) is 5.32 Å². The number of carboxylic acids is 1. The normalized spacial score (nSPS) is 19.1. The van der Waals surface area contributed by atoms with Crippen molar-refractivity contribution >= 4 is 11.9 Å². The lowest BCUT2D eigenvalue weighted by Gasteiger charge is -2.24. The van der Waals surface area contributed by atoms with Crippen molar-refractivity contribution in [2.45, 2.75) is 51.2 Å². The summed E-state index contributed by atoms with van der Waals surface area (Å²) in [4.78, 5) is 22.8. The van der Waals surface area contributed by atoms with Gasteiger partial charge in [0, 0.05) is 12.5 Å². The topological polar surface area (TPSA) is 66.4 Å². The van der Waals surface area contributed by atoms with Gasteiger partial charge in [0.1, 0.15) is 5.41 Å². The highest BCUT2D eigenvalue weighted by Crippen LogP contribution is 2.31. The van der Waals surface area contributed by atoms with Crippen molar-refractivity contribution in [3.8, 4) is 0 Å². The van der Waals surface area contributed by atoms with Gasteiger partial charge in [-0.3, -0.25) is 9.59 Å². The number of rotatable bonds is 6. The molecule has 1 aliphatic carbocycles. The van der Waals surface area contributed by atoms with Crippen molar-refractivity contribution in [1.82, 2.24) is 5.32 Å². The van der Waals surface area contributed by atoms with Gasteiger partial charge in [0.05, 0.1) is 0 Å². The fourth-order valence-electron chi connectivity index (χ4n) is 1.53. The molecule has 0 radical (unpaired) electrons. The summed E-state index contributed by atoms with van der Waals surface area (Å²) in [5, 5.41) is 11.5. The van der Waals surface area contributed by atoms with Crippen molar-refractivity contribution < 1.29 is 27.9 Å². The van der Waals surface area contributed by atoms with Gasteiger partial charge in [-0.05, 0) is 32.6 Å². The minimum Gasteiger partial charge on any atom is -0.480 e. The van der Waals surface area contributed by atoms with Gasteiger partial charge in [0.25, 0.3) is 0 Å². The van der Waals surface area contributed by atoms with E-state index in [1.807, 2.05) is 0 Å². The van der Waals surface area contributed by atoms with Crippen LogP contribution in [0.4, 0.5) is 13.2 Å². The maximum Gasteiger partial charge on any atom is 0.389 e. The number of hydrogen-bond acceptors (Lipinski definition) is 2. The highest BCUT2D eigenvalue weighted by molar-refractivity contribution is 6.01. The highest BCUT2D eigenvalue weighted by atomic mass is 19.4. The third-order valence-electron chi connectivity index (χ3n) is 3.02. The summed E-state index contributed by atoms with van der Waals surface area (Å²) in [5.41, 5.74) is -1.78. The Morgan fingerprint density at radius 3 is 2.22 bits per heavy atom. The van der Waals surface area contributed by atoms with Crippen LogP contribution in [0.2, 0.25) is 0 Å². The predicted molar refractivity (Wildman–Crippen MR) is 56.8 cm³/mol. The molecule has 1 unspecified atom stereocenters. The molecule has 0 bridgehead atoms. The monoisotopic (exact) mass is 267 g/mol. The minimum atomic E-state index is -4.33. The Balaban J connectivity index is 2.55. The number of halogens is 3. The summed E-state index contributed by atoms with van der Waals surface area (Å²) in [5.74, 6) is -2.08. The Bertz CT molecular complexity index is 339. The summed E-state index contributed by atoms with van der Waals surface area (Å²) in [6.07, 6.45) is -4.50. The van der Waals surface area contributed by atoms with Crippen molar-refractivity contribution in [3.63, 3.8) is 0 Å². The zero-order valence-electron chi connectivity index (χ0n) is 10.0. The molecule has 1 rings (SSSR count). The van der Waals surface area contributed by atoms with E-state index in [0.29, 0.717) is 0 Å². The summed E-state index contributed by atoms with van der Waals surface area (Å²) < 4.78 is 36.0. The average Bonchev–Trinajstić information content (AvgIpc) is 2.98. The number of carbonyl (C=O) groups is 2. The lowest BCUT2D eigenvalue weighted by molar-refractivity contribution is -0.158. The number of aliphatic carboxylic acids is 1. The molecule has 0 aromatic carbocycles. The van der Waals surface area contributed by atoms with E-state index in [9.17, 15) is 22.8 Å². The van der Waals surface area contributed by atoms with Crippen LogP contribution in [0.1, 0.15) is 39.0 Å². The third kappa shape index (κ3) is 4.19. The highest BCUT2D eigenvalue weighted by Gasteiger charge is 2.43. The molecule has 4 nitrogen and oxygen atoms in total. The fraction of sp³-hybridized carbons (Fsp3) is 0.818. The molecular weight excluding hydrogens is 251 g/mol. The standard InChI is InChI=1S/C11H16F3NO3/c1-10(9(17)18,5-2-6-11(12,13)14)8(16)15-7-3-4-7/h7H,2-6H2,1H3,(H,15,16)(H,17,18). The van der Waals surface area contributed by atoms with Crippen LogP contribution in [0.25, 0.3) is 0 Å². The van der Waals surface area contributed by atoms with Gasteiger partial charge < -0.3 is 10.4 Å². The molecule has 1 fully saturated rings. The van der Waals surface area contributed by atoms with Crippen molar-refractivity contribution in [3.05, 3.63) is 0 Å². The van der Waals surface area contributed by atoms with E-state index >= 15 is 0 Å². The summed E-state index contributed by atoms with van der Waals surface area (Å²) in [7, 11) is 0. The molecule has 1 aliphatic rings. The molecule has 1 atom stereocenters. The molecule has 0 aliphatic heterocycles. The van der Waals surface area contributed by atoms with Gasteiger partial charge in [-0.2, -0.15) is 13.2 Å². The molecule has 0 spiro atoms. The lowest BCUT2D eigenvalue weighted by Crippen LogP contribution is -2.45. The Hall–Kier alpha value is -1.27. The van der Waals surface area contributed by atoms with Gasteiger partial charge in [-0.1, -0.05) is 0 Å². The number of carbonyl (C=O) groups excluding carboxylic acids is 1. The number of carboxylic acid groups (broad SMARTS) is 1. The zero-order valence-corrected chi connectivity index (χ0v) is 10.0. The van der Waals surface area contributed by atoms with Crippen LogP contribution < -0.4 is 5.32 Å². The molecular formula is C11H16F3NO3. The van der Waals surface area contributed by atoms with Crippen LogP contribution >= 0.6 is 0 Å². The van der Waals surface area contributed by atoms with E-state index < -0.39 is 29.9 Å². The van der Waals surface area contributed by atoms with Crippen LogP contribution in [0, 0.1) is 5.41 Å². The zero-order chi connectivity index (χ0) is 14.0. The van der Waals surface area contributed by atoms with Crippen LogP contribution in [-0.2, 0) is 9.59 Å². The SMILES string of the molecule is CC(CCCC(F)(F)F)(C(=O)O)C(=O)NC1CC1. The van der Waals surface area contributed by atoms with Crippen molar-refractivity contribution in [2.24, 2.45) is 5.41 Å². The molecule has 2 N–H and O–H groups in total. The minimum absolute atomic E-state index is 0.0150. The van der Waals surface area contributed by atoms with Crippen LogP contribution in [0.3, 0.4) is 0 Å². The fourth-order valence-corrected chi connectivity index (χ4v) is 1.53. The average molecular weight is 267 g/mol. The maximum atomic E-state index is 12.0. The first-order chi connectivity index (χ1) is 8.15. The van der Waals surface area contributed by atoms with Crippen LogP contribution in [0.15, 0.2) is 0 Å². The smallest absolute Gasteiger partial charge is 0.389 e. The van der Waals surface area contributed by atoms with E-state index in [4.69, 9.17) is 5.11 Å². The Kier molecular flexibility index (Phi) is 4.24. The second-order valence-electron chi connectivity index (χ2n) is 4.85. The van der Waals surface area contributed by atoms with Crippen molar-refractivity contribution in [2.75, 3.05) is 0 Å². The lowest BCUT2D eigenvalue weighted by atomic mass is 9.83.